The van der Waals surface area contributed by atoms with Gasteiger partial charge in [-0.25, -0.2) is 8.42 Å². The molecule has 10 heteroatoms. The fourth-order valence-corrected chi connectivity index (χ4v) is 4.97. The molecule has 1 aliphatic heterocycles. The second-order valence-corrected chi connectivity index (χ2v) is 9.20. The van der Waals surface area contributed by atoms with Crippen molar-refractivity contribution in [2.75, 3.05) is 43.5 Å². The molecular formula is C19H21Cl2N3O4S. The van der Waals surface area contributed by atoms with Crippen LogP contribution >= 0.6 is 23.2 Å². The Hall–Kier alpha value is -1.84. The zero-order valence-corrected chi connectivity index (χ0v) is 18.1. The van der Waals surface area contributed by atoms with E-state index < -0.39 is 10.0 Å². The van der Waals surface area contributed by atoms with Crippen molar-refractivity contribution in [3.8, 4) is 0 Å². The second kappa shape index (κ2) is 9.32. The van der Waals surface area contributed by atoms with E-state index in [-0.39, 0.29) is 35.5 Å². The number of anilines is 2. The molecule has 156 valence electrons. The quantitative estimate of drug-likeness (QED) is 0.693. The molecule has 1 saturated heterocycles. The first-order chi connectivity index (χ1) is 13.8. The number of amides is 1. The van der Waals surface area contributed by atoms with Crippen LogP contribution in [0, 0.1) is 6.92 Å². The summed E-state index contributed by atoms with van der Waals surface area (Å²) < 4.78 is 32.3. The summed E-state index contributed by atoms with van der Waals surface area (Å²) in [6.45, 7) is 3.04. The first-order valence-corrected chi connectivity index (χ1v) is 11.1. The maximum absolute atomic E-state index is 12.9. The molecule has 0 unspecified atom stereocenters. The van der Waals surface area contributed by atoms with Crippen molar-refractivity contribution in [3.63, 3.8) is 0 Å². The molecular weight excluding hydrogens is 437 g/mol. The minimum absolute atomic E-state index is 0.00461. The third kappa shape index (κ3) is 5.21. The zero-order valence-electron chi connectivity index (χ0n) is 15.7. The minimum atomic E-state index is -3.78. The molecule has 3 rings (SSSR count). The molecule has 0 aromatic heterocycles. The fourth-order valence-electron chi connectivity index (χ4n) is 2.88. The van der Waals surface area contributed by atoms with E-state index in [1.807, 2.05) is 13.0 Å². The van der Waals surface area contributed by atoms with Gasteiger partial charge in [0.15, 0.2) is 0 Å². The van der Waals surface area contributed by atoms with Gasteiger partial charge in [0.25, 0.3) is 0 Å². The minimum Gasteiger partial charge on any atom is -0.379 e. The highest BCUT2D eigenvalue weighted by atomic mass is 35.5. The van der Waals surface area contributed by atoms with E-state index in [0.717, 1.165) is 11.3 Å². The lowest BCUT2D eigenvalue weighted by molar-refractivity contribution is -0.114. The van der Waals surface area contributed by atoms with Gasteiger partial charge in [0.05, 0.1) is 24.8 Å². The normalized spacial score (nSPS) is 15.1. The number of nitrogens with zero attached hydrogens (tertiary/aromatic N) is 1. The number of benzene rings is 2. The summed E-state index contributed by atoms with van der Waals surface area (Å²) in [6, 6.07) is 9.77. The van der Waals surface area contributed by atoms with Gasteiger partial charge in [-0.15, -0.1) is 0 Å². The number of hydrogen-bond donors (Lipinski definition) is 2. The summed E-state index contributed by atoms with van der Waals surface area (Å²) >= 11 is 12.2. The second-order valence-electron chi connectivity index (χ2n) is 6.48. The van der Waals surface area contributed by atoms with E-state index in [1.54, 1.807) is 18.2 Å². The molecule has 1 fully saturated rings. The average Bonchev–Trinajstić information content (AvgIpc) is 2.71. The van der Waals surface area contributed by atoms with Crippen molar-refractivity contribution in [2.45, 2.75) is 11.8 Å². The lowest BCUT2D eigenvalue weighted by Gasteiger charge is -2.26. The van der Waals surface area contributed by atoms with Gasteiger partial charge in [-0.2, -0.15) is 4.31 Å². The summed E-state index contributed by atoms with van der Waals surface area (Å²) in [6.07, 6.45) is 0. The third-order valence-electron chi connectivity index (χ3n) is 4.51. The maximum Gasteiger partial charge on any atom is 0.244 e. The van der Waals surface area contributed by atoms with Crippen LogP contribution in [0.15, 0.2) is 41.3 Å². The smallest absolute Gasteiger partial charge is 0.244 e. The van der Waals surface area contributed by atoms with E-state index in [2.05, 4.69) is 10.6 Å². The molecule has 29 heavy (non-hydrogen) atoms. The summed E-state index contributed by atoms with van der Waals surface area (Å²) in [5, 5.41) is 6.41. The number of carbonyl (C=O) groups is 1. The van der Waals surface area contributed by atoms with E-state index in [4.69, 9.17) is 27.9 Å². The largest absolute Gasteiger partial charge is 0.379 e. The number of rotatable bonds is 6. The first kappa shape index (κ1) is 21.9. The molecule has 2 aromatic rings. The fraction of sp³-hybridized carbons (Fsp3) is 0.316. The van der Waals surface area contributed by atoms with Gasteiger partial charge >= 0.3 is 0 Å². The lowest BCUT2D eigenvalue weighted by Crippen LogP contribution is -2.40. The zero-order chi connectivity index (χ0) is 21.0. The van der Waals surface area contributed by atoms with E-state index in [9.17, 15) is 13.2 Å². The van der Waals surface area contributed by atoms with Crippen LogP contribution in [0.2, 0.25) is 10.0 Å². The van der Waals surface area contributed by atoms with Crippen LogP contribution in [-0.4, -0.2) is 51.5 Å². The van der Waals surface area contributed by atoms with Gasteiger partial charge in [0, 0.05) is 29.5 Å². The van der Waals surface area contributed by atoms with Crippen molar-refractivity contribution >= 4 is 50.5 Å². The standard InChI is InChI=1S/C19H21Cl2N3O4S/c1-13-15(20)3-2-4-17(13)22-12-19(25)23-14-5-6-16(21)18(11-14)29(26,27)24-7-9-28-10-8-24/h2-6,11,22H,7-10,12H2,1H3,(H,23,25). The highest BCUT2D eigenvalue weighted by Crippen LogP contribution is 2.28. The first-order valence-electron chi connectivity index (χ1n) is 8.95. The van der Waals surface area contributed by atoms with Crippen molar-refractivity contribution in [3.05, 3.63) is 52.0 Å². The van der Waals surface area contributed by atoms with Gasteiger partial charge in [0.2, 0.25) is 15.9 Å². The number of nitrogens with one attached hydrogen (secondary N) is 2. The predicted octanol–water partition coefficient (Wildman–Crippen LogP) is 3.37. The molecule has 1 aliphatic rings. The number of carbonyl (C=O) groups excluding carboxylic acids is 1. The molecule has 1 heterocycles. The number of ether oxygens (including phenoxy) is 1. The van der Waals surface area contributed by atoms with Gasteiger partial charge in [-0.1, -0.05) is 29.3 Å². The monoisotopic (exact) mass is 457 g/mol. The number of morpholine rings is 1. The molecule has 0 bridgehead atoms. The van der Waals surface area contributed by atoms with Gasteiger partial charge in [-0.05, 0) is 42.8 Å². The van der Waals surface area contributed by atoms with Crippen molar-refractivity contribution < 1.29 is 17.9 Å². The van der Waals surface area contributed by atoms with Crippen LogP contribution in [-0.2, 0) is 19.6 Å². The number of sulfonamides is 1. The van der Waals surface area contributed by atoms with Crippen molar-refractivity contribution in [1.29, 1.82) is 0 Å². The molecule has 2 aromatic carbocycles. The van der Waals surface area contributed by atoms with E-state index in [0.29, 0.717) is 23.9 Å². The third-order valence-corrected chi connectivity index (χ3v) is 7.30. The van der Waals surface area contributed by atoms with Gasteiger partial charge in [0.1, 0.15) is 4.90 Å². The van der Waals surface area contributed by atoms with Gasteiger partial charge < -0.3 is 15.4 Å². The molecule has 1 amide bonds. The number of hydrogen-bond acceptors (Lipinski definition) is 5. The van der Waals surface area contributed by atoms with Crippen LogP contribution in [0.3, 0.4) is 0 Å². The maximum atomic E-state index is 12.9. The Morgan fingerprint density at radius 2 is 1.86 bits per heavy atom. The molecule has 0 aliphatic carbocycles. The highest BCUT2D eigenvalue weighted by Gasteiger charge is 2.28. The lowest BCUT2D eigenvalue weighted by atomic mass is 10.2. The molecule has 2 N–H and O–H groups in total. The summed E-state index contributed by atoms with van der Waals surface area (Å²) in [7, 11) is -3.78. The van der Waals surface area contributed by atoms with E-state index in [1.165, 1.54) is 16.4 Å². The summed E-state index contributed by atoms with van der Waals surface area (Å²) in [5.74, 6) is -0.332. The molecule has 0 saturated carbocycles. The van der Waals surface area contributed by atoms with Crippen LogP contribution in [0.25, 0.3) is 0 Å². The molecule has 7 nitrogen and oxygen atoms in total. The van der Waals surface area contributed by atoms with Crippen LogP contribution in [0.1, 0.15) is 5.56 Å². The summed E-state index contributed by atoms with van der Waals surface area (Å²) in [4.78, 5) is 12.3. The number of halogens is 2. The van der Waals surface area contributed by atoms with E-state index >= 15 is 0 Å². The Morgan fingerprint density at radius 1 is 1.14 bits per heavy atom. The SMILES string of the molecule is Cc1c(Cl)cccc1NCC(=O)Nc1ccc(Cl)c(S(=O)(=O)N2CCOCC2)c1. The summed E-state index contributed by atoms with van der Waals surface area (Å²) in [5.41, 5.74) is 1.93. The Bertz CT molecular complexity index is 1010. The molecule has 0 spiro atoms. The van der Waals surface area contributed by atoms with Crippen molar-refractivity contribution in [2.24, 2.45) is 0 Å². The Kier molecular flexibility index (Phi) is 7.02. The predicted molar refractivity (Wildman–Crippen MR) is 114 cm³/mol. The Balaban J connectivity index is 1.70. The topological polar surface area (TPSA) is 87.7 Å². The molecule has 0 atom stereocenters. The van der Waals surface area contributed by atoms with Crippen LogP contribution < -0.4 is 10.6 Å². The Labute approximate surface area is 180 Å². The Morgan fingerprint density at radius 3 is 2.59 bits per heavy atom. The van der Waals surface area contributed by atoms with Crippen molar-refractivity contribution in [1.82, 2.24) is 4.31 Å². The van der Waals surface area contributed by atoms with Crippen LogP contribution in [0.4, 0.5) is 11.4 Å². The highest BCUT2D eigenvalue weighted by molar-refractivity contribution is 7.89. The molecule has 0 radical (unpaired) electrons. The van der Waals surface area contributed by atoms with Crippen LogP contribution in [0.5, 0.6) is 0 Å². The van der Waals surface area contributed by atoms with Gasteiger partial charge in [-0.3, -0.25) is 4.79 Å². The average molecular weight is 458 g/mol.